The van der Waals surface area contributed by atoms with Gasteiger partial charge in [-0.05, 0) is 60.7 Å². The van der Waals surface area contributed by atoms with Gasteiger partial charge in [0.05, 0.1) is 11.0 Å². The highest BCUT2D eigenvalue weighted by Crippen LogP contribution is 2.26. The number of rotatable bonds is 4. The fourth-order valence-corrected chi connectivity index (χ4v) is 2.84. The second-order valence-corrected chi connectivity index (χ2v) is 6.33. The molecule has 4 N–H and O–H groups in total. The lowest BCUT2D eigenvalue weighted by Crippen LogP contribution is -2.16. The number of aromatic nitrogens is 2. The van der Waals surface area contributed by atoms with E-state index >= 15 is 0 Å². The molecular formula is C20H15ClN4O2. The Hall–Kier alpha value is -3.51. The summed E-state index contributed by atoms with van der Waals surface area (Å²) in [6.07, 6.45) is -0.849. The number of nitrogens with zero attached hydrogens (tertiary/aromatic N) is 1. The first-order valence-corrected chi connectivity index (χ1v) is 8.55. The zero-order chi connectivity index (χ0) is 18.8. The van der Waals surface area contributed by atoms with Gasteiger partial charge in [-0.1, -0.05) is 11.6 Å². The van der Waals surface area contributed by atoms with Gasteiger partial charge in [-0.3, -0.25) is 0 Å². The number of ether oxygens (including phenoxy) is 1. The molecule has 134 valence electrons. The maximum Gasteiger partial charge on any atom is 0.409 e. The van der Waals surface area contributed by atoms with Crippen molar-refractivity contribution in [2.75, 3.05) is 5.32 Å². The zero-order valence-electron chi connectivity index (χ0n) is 14.1. The summed E-state index contributed by atoms with van der Waals surface area (Å²) >= 11 is 5.90. The number of carbonyl (C=O) groups excluding carboxylic acids is 1. The molecule has 4 rings (SSSR count). The van der Waals surface area contributed by atoms with E-state index in [1.165, 1.54) is 0 Å². The number of fused-ring (bicyclic) bond motifs is 1. The largest absolute Gasteiger partial charge is 0.410 e. The van der Waals surface area contributed by atoms with Crippen molar-refractivity contribution in [2.24, 2.45) is 5.73 Å². The topological polar surface area (TPSA) is 93.0 Å². The third-order valence-corrected chi connectivity index (χ3v) is 4.21. The van der Waals surface area contributed by atoms with Crippen molar-refractivity contribution < 1.29 is 9.53 Å². The monoisotopic (exact) mass is 378 g/mol. The SMILES string of the molecule is NC(=O)Oc1ccc2nc(-c3ccc(Nc4ccc(Cl)cc4)cc3)[nH]c2c1. The number of nitrogens with two attached hydrogens (primary N) is 1. The maximum atomic E-state index is 10.9. The molecule has 0 fully saturated rings. The summed E-state index contributed by atoms with van der Waals surface area (Å²) in [5, 5.41) is 4.01. The van der Waals surface area contributed by atoms with Crippen LogP contribution >= 0.6 is 11.6 Å². The Morgan fingerprint density at radius 3 is 2.33 bits per heavy atom. The van der Waals surface area contributed by atoms with Crippen LogP contribution < -0.4 is 15.8 Å². The van der Waals surface area contributed by atoms with Crippen molar-refractivity contribution in [2.45, 2.75) is 0 Å². The van der Waals surface area contributed by atoms with E-state index in [2.05, 4.69) is 15.3 Å². The average Bonchev–Trinajstić information content (AvgIpc) is 3.07. The molecule has 0 saturated heterocycles. The predicted octanol–water partition coefficient (Wildman–Crippen LogP) is 5.08. The number of imidazole rings is 1. The van der Waals surface area contributed by atoms with Gasteiger partial charge < -0.3 is 20.8 Å². The lowest BCUT2D eigenvalue weighted by Gasteiger charge is -2.07. The number of hydrogen-bond acceptors (Lipinski definition) is 4. The molecule has 1 heterocycles. The number of anilines is 2. The van der Waals surface area contributed by atoms with Crippen molar-refractivity contribution in [1.29, 1.82) is 0 Å². The quantitative estimate of drug-likeness (QED) is 0.461. The average molecular weight is 379 g/mol. The van der Waals surface area contributed by atoms with E-state index in [4.69, 9.17) is 22.1 Å². The summed E-state index contributed by atoms with van der Waals surface area (Å²) in [7, 11) is 0. The Kier molecular flexibility index (Phi) is 4.40. The molecule has 7 heteroatoms. The lowest BCUT2D eigenvalue weighted by molar-refractivity contribution is 0.211. The molecule has 0 aliphatic rings. The lowest BCUT2D eigenvalue weighted by atomic mass is 10.2. The third-order valence-electron chi connectivity index (χ3n) is 3.96. The van der Waals surface area contributed by atoms with E-state index in [1.54, 1.807) is 18.2 Å². The van der Waals surface area contributed by atoms with Gasteiger partial charge in [-0.15, -0.1) is 0 Å². The van der Waals surface area contributed by atoms with Crippen LogP contribution in [0, 0.1) is 0 Å². The first kappa shape index (κ1) is 16.9. The van der Waals surface area contributed by atoms with Crippen molar-refractivity contribution >= 4 is 40.1 Å². The van der Waals surface area contributed by atoms with Crippen molar-refractivity contribution in [1.82, 2.24) is 9.97 Å². The van der Waals surface area contributed by atoms with Gasteiger partial charge in [0, 0.05) is 28.0 Å². The fourth-order valence-electron chi connectivity index (χ4n) is 2.72. The molecule has 0 aliphatic carbocycles. The maximum absolute atomic E-state index is 10.9. The number of nitrogens with one attached hydrogen (secondary N) is 2. The number of primary amides is 1. The summed E-state index contributed by atoms with van der Waals surface area (Å²) in [4.78, 5) is 18.7. The van der Waals surface area contributed by atoms with Crippen molar-refractivity contribution in [3.8, 4) is 17.1 Å². The van der Waals surface area contributed by atoms with Crippen LogP contribution in [0.4, 0.5) is 16.2 Å². The molecular weight excluding hydrogens is 364 g/mol. The van der Waals surface area contributed by atoms with E-state index < -0.39 is 6.09 Å². The predicted molar refractivity (Wildman–Crippen MR) is 106 cm³/mol. The molecule has 6 nitrogen and oxygen atoms in total. The number of amides is 1. The van der Waals surface area contributed by atoms with Gasteiger partial charge in [0.1, 0.15) is 11.6 Å². The highest BCUT2D eigenvalue weighted by atomic mass is 35.5. The molecule has 27 heavy (non-hydrogen) atoms. The van der Waals surface area contributed by atoms with Gasteiger partial charge in [0.2, 0.25) is 0 Å². The number of H-pyrrole nitrogens is 1. The van der Waals surface area contributed by atoms with Gasteiger partial charge >= 0.3 is 6.09 Å². The minimum atomic E-state index is -0.849. The van der Waals surface area contributed by atoms with E-state index in [0.717, 1.165) is 33.8 Å². The smallest absolute Gasteiger partial charge is 0.409 e. The Labute approximate surface area is 159 Å². The first-order chi connectivity index (χ1) is 13.1. The van der Waals surface area contributed by atoms with Crippen molar-refractivity contribution in [3.05, 3.63) is 71.8 Å². The molecule has 0 aliphatic heterocycles. The summed E-state index contributed by atoms with van der Waals surface area (Å²) in [5.74, 6) is 1.09. The van der Waals surface area contributed by atoms with Crippen LogP contribution in [-0.2, 0) is 0 Å². The molecule has 0 radical (unpaired) electrons. The van der Waals surface area contributed by atoms with Crippen LogP contribution in [-0.4, -0.2) is 16.1 Å². The van der Waals surface area contributed by atoms with Crippen LogP contribution in [0.25, 0.3) is 22.4 Å². The Balaban J connectivity index is 1.56. The Morgan fingerprint density at radius 1 is 1.00 bits per heavy atom. The zero-order valence-corrected chi connectivity index (χ0v) is 14.8. The normalized spacial score (nSPS) is 10.7. The molecule has 1 aromatic heterocycles. The van der Waals surface area contributed by atoms with Crippen LogP contribution in [0.5, 0.6) is 5.75 Å². The molecule has 0 spiro atoms. The Bertz CT molecular complexity index is 1110. The van der Waals surface area contributed by atoms with E-state index in [1.807, 2.05) is 48.5 Å². The van der Waals surface area contributed by atoms with Crippen molar-refractivity contribution in [3.63, 3.8) is 0 Å². The van der Waals surface area contributed by atoms with E-state index in [0.29, 0.717) is 10.8 Å². The van der Waals surface area contributed by atoms with Crippen LogP contribution in [0.1, 0.15) is 0 Å². The summed E-state index contributed by atoms with van der Waals surface area (Å²) < 4.78 is 4.89. The number of hydrogen-bond donors (Lipinski definition) is 3. The first-order valence-electron chi connectivity index (χ1n) is 8.17. The molecule has 0 saturated carbocycles. The van der Waals surface area contributed by atoms with Gasteiger partial charge in [0.25, 0.3) is 0 Å². The summed E-state index contributed by atoms with van der Waals surface area (Å²) in [5.41, 5.74) is 9.41. The highest BCUT2D eigenvalue weighted by Gasteiger charge is 2.08. The standard InChI is InChI=1S/C20H15ClN4O2/c21-13-3-7-15(8-4-13)23-14-5-1-12(2-6-14)19-24-17-10-9-16(27-20(22)26)11-18(17)25-19/h1-11,23H,(H2,22,26)(H,24,25). The van der Waals surface area contributed by atoms with E-state index in [-0.39, 0.29) is 0 Å². The second kappa shape index (κ2) is 7.01. The summed E-state index contributed by atoms with van der Waals surface area (Å²) in [6.45, 7) is 0. The van der Waals surface area contributed by atoms with Gasteiger partial charge in [-0.2, -0.15) is 0 Å². The molecule has 3 aromatic carbocycles. The third kappa shape index (κ3) is 3.86. The fraction of sp³-hybridized carbons (Fsp3) is 0. The number of aromatic amines is 1. The molecule has 0 bridgehead atoms. The molecule has 1 amide bonds. The van der Waals surface area contributed by atoms with Crippen LogP contribution in [0.3, 0.4) is 0 Å². The van der Waals surface area contributed by atoms with Gasteiger partial charge in [0.15, 0.2) is 0 Å². The van der Waals surface area contributed by atoms with Crippen LogP contribution in [0.2, 0.25) is 5.02 Å². The molecule has 4 aromatic rings. The van der Waals surface area contributed by atoms with E-state index in [9.17, 15) is 4.79 Å². The molecule has 0 atom stereocenters. The number of carbonyl (C=O) groups is 1. The highest BCUT2D eigenvalue weighted by molar-refractivity contribution is 6.30. The van der Waals surface area contributed by atoms with Crippen LogP contribution in [0.15, 0.2) is 66.7 Å². The number of halogens is 1. The minimum Gasteiger partial charge on any atom is -0.410 e. The number of benzene rings is 3. The second-order valence-electron chi connectivity index (χ2n) is 5.89. The van der Waals surface area contributed by atoms with Gasteiger partial charge in [-0.25, -0.2) is 9.78 Å². The minimum absolute atomic E-state index is 0.368. The molecule has 0 unspecified atom stereocenters. The summed E-state index contributed by atoms with van der Waals surface area (Å²) in [6, 6.07) is 20.5. The Morgan fingerprint density at radius 2 is 1.67 bits per heavy atom.